The van der Waals surface area contributed by atoms with Gasteiger partial charge in [-0.1, -0.05) is 24.5 Å². The Kier molecular flexibility index (Phi) is 9.66. The molecule has 0 bridgehead atoms. The first-order valence-electron chi connectivity index (χ1n) is 3.51. The van der Waals surface area contributed by atoms with Crippen LogP contribution in [0.1, 0.15) is 19.8 Å². The molecule has 11 heavy (non-hydrogen) atoms. The summed E-state index contributed by atoms with van der Waals surface area (Å²) in [7, 11) is 0. The van der Waals surface area contributed by atoms with E-state index in [-0.39, 0.29) is 0 Å². The molecule has 0 rings (SSSR count). The fraction of sp³-hybridized carbons (Fsp3) is 0.556. The minimum Gasteiger partial charge on any atom is -0.149 e. The molecule has 0 fully saturated rings. The van der Waals surface area contributed by atoms with E-state index in [1.165, 1.54) is 0 Å². The molecule has 2 heteroatoms. The zero-order valence-corrected chi connectivity index (χ0v) is 8.39. The van der Waals surface area contributed by atoms with Crippen molar-refractivity contribution in [1.82, 2.24) is 0 Å². The van der Waals surface area contributed by atoms with Crippen molar-refractivity contribution in [3.63, 3.8) is 0 Å². The number of rotatable bonds is 4. The van der Waals surface area contributed by atoms with Gasteiger partial charge in [0.05, 0.1) is 5.75 Å². The second-order valence-corrected chi connectivity index (χ2v) is 3.20. The Bertz CT molecular complexity index is 165. The van der Waals surface area contributed by atoms with Gasteiger partial charge in [-0.2, -0.15) is 0 Å². The van der Waals surface area contributed by atoms with Gasteiger partial charge in [-0.05, 0) is 24.3 Å². The van der Waals surface area contributed by atoms with Crippen molar-refractivity contribution < 1.29 is 0 Å². The van der Waals surface area contributed by atoms with Crippen LogP contribution in [0.2, 0.25) is 0 Å². The highest BCUT2D eigenvalue weighted by Crippen LogP contribution is 2.02. The number of thioether (sulfide) groups is 1. The molecule has 0 saturated heterocycles. The van der Waals surface area contributed by atoms with Gasteiger partial charge >= 0.3 is 0 Å². The third-order valence-corrected chi connectivity index (χ3v) is 2.10. The van der Waals surface area contributed by atoms with Gasteiger partial charge in [0, 0.05) is 6.42 Å². The van der Waals surface area contributed by atoms with Crippen LogP contribution in [0, 0.1) is 23.0 Å². The lowest BCUT2D eigenvalue weighted by atomic mass is 10.4. The summed E-state index contributed by atoms with van der Waals surface area (Å²) in [4.78, 5) is 0. The van der Waals surface area contributed by atoms with Crippen LogP contribution in [0.3, 0.4) is 0 Å². The van der Waals surface area contributed by atoms with Gasteiger partial charge in [-0.3, -0.25) is 0 Å². The molecule has 0 atom stereocenters. The van der Waals surface area contributed by atoms with Crippen molar-refractivity contribution in [1.29, 1.82) is 0 Å². The predicted molar refractivity (Wildman–Crippen MR) is 56.8 cm³/mol. The third kappa shape index (κ3) is 9.82. The van der Waals surface area contributed by atoms with E-state index < -0.39 is 0 Å². The Morgan fingerprint density at radius 3 is 2.82 bits per heavy atom. The summed E-state index contributed by atoms with van der Waals surface area (Å²) >= 11 is 5.65. The third-order valence-electron chi connectivity index (χ3n) is 1.02. The predicted octanol–water partition coefficient (Wildman–Crippen LogP) is 2.41. The molecule has 0 aliphatic heterocycles. The number of thiol groups is 1. The van der Waals surface area contributed by atoms with Crippen LogP contribution in [0.15, 0.2) is 0 Å². The minimum absolute atomic E-state index is 0.949. The molecule has 0 amide bonds. The van der Waals surface area contributed by atoms with Crippen LogP contribution in [-0.2, 0) is 0 Å². The van der Waals surface area contributed by atoms with Gasteiger partial charge in [0.1, 0.15) is 0 Å². The average Bonchev–Trinajstić information content (AvgIpc) is 2.03. The second-order valence-electron chi connectivity index (χ2n) is 1.87. The molecular formula is C9H12S2. The van der Waals surface area contributed by atoms with Crippen LogP contribution >= 0.6 is 24.4 Å². The second kappa shape index (κ2) is 9.82. The molecule has 0 aromatic rings. The van der Waals surface area contributed by atoms with E-state index in [0.717, 1.165) is 24.3 Å². The van der Waals surface area contributed by atoms with Gasteiger partial charge < -0.3 is 0 Å². The van der Waals surface area contributed by atoms with E-state index >= 15 is 0 Å². The van der Waals surface area contributed by atoms with E-state index in [1.54, 1.807) is 0 Å². The van der Waals surface area contributed by atoms with Gasteiger partial charge in [-0.15, -0.1) is 17.7 Å². The van der Waals surface area contributed by atoms with Crippen molar-refractivity contribution in [2.75, 3.05) is 11.5 Å². The lowest BCUT2D eigenvalue weighted by Gasteiger charge is -1.91. The highest BCUT2D eigenvalue weighted by Gasteiger charge is 1.84. The van der Waals surface area contributed by atoms with Crippen molar-refractivity contribution in [3.05, 3.63) is 0 Å². The molecule has 0 heterocycles. The largest absolute Gasteiger partial charge is 0.149 e. The van der Waals surface area contributed by atoms with Gasteiger partial charge in [0.15, 0.2) is 0 Å². The zero-order chi connectivity index (χ0) is 8.36. The van der Waals surface area contributed by atoms with Crippen LogP contribution in [0.25, 0.3) is 0 Å². The summed E-state index contributed by atoms with van der Waals surface area (Å²) in [6.45, 7) is 1.87. The molecule has 0 unspecified atom stereocenters. The van der Waals surface area contributed by atoms with Gasteiger partial charge in [0.2, 0.25) is 0 Å². The molecule has 0 nitrogen and oxygen atoms in total. The topological polar surface area (TPSA) is 0 Å². The summed E-state index contributed by atoms with van der Waals surface area (Å²) in [6, 6.07) is 0. The smallest absolute Gasteiger partial charge is 0.0547 e. The molecule has 0 radical (unpaired) electrons. The minimum atomic E-state index is 0.949. The Morgan fingerprint density at radius 2 is 2.18 bits per heavy atom. The fourth-order valence-electron chi connectivity index (χ4n) is 0.514. The lowest BCUT2D eigenvalue weighted by molar-refractivity contribution is 0.999. The molecule has 0 aliphatic carbocycles. The molecule has 0 saturated carbocycles. The number of hydrogen-bond acceptors (Lipinski definition) is 2. The first-order valence-corrected chi connectivity index (χ1v) is 5.11. The Morgan fingerprint density at radius 1 is 1.36 bits per heavy atom. The monoisotopic (exact) mass is 184 g/mol. The van der Waals surface area contributed by atoms with Gasteiger partial charge in [-0.25, -0.2) is 0 Å². The summed E-state index contributed by atoms with van der Waals surface area (Å²) in [6.07, 6.45) is 2.10. The quantitative estimate of drug-likeness (QED) is 0.398. The molecular weight excluding hydrogens is 172 g/mol. The fourth-order valence-corrected chi connectivity index (χ4v) is 1.36. The molecule has 0 N–H and O–H groups in total. The maximum Gasteiger partial charge on any atom is 0.0547 e. The maximum absolute atomic E-state index is 3.79. The van der Waals surface area contributed by atoms with Crippen LogP contribution < -0.4 is 0 Å². The Labute approximate surface area is 78.9 Å². The molecule has 0 spiro atoms. The summed E-state index contributed by atoms with van der Waals surface area (Å²) in [5, 5.41) is 2.58. The highest BCUT2D eigenvalue weighted by molar-refractivity contribution is 7.99. The summed E-state index contributed by atoms with van der Waals surface area (Å²) < 4.78 is 0. The van der Waals surface area contributed by atoms with Crippen molar-refractivity contribution in [3.8, 4) is 23.0 Å². The van der Waals surface area contributed by atoms with E-state index in [2.05, 4.69) is 35.6 Å². The van der Waals surface area contributed by atoms with E-state index in [4.69, 9.17) is 0 Å². The normalized spacial score (nSPS) is 7.45. The average molecular weight is 184 g/mol. The standard InChI is InChI=1S/C9H12S2/c1-2-3-8-11-9-6-4-5-7-10/h10H,4,6,8-9H2,1H3. The first kappa shape index (κ1) is 10.8. The number of hydrogen-bond donors (Lipinski definition) is 1. The summed E-state index contributed by atoms with van der Waals surface area (Å²) in [5.41, 5.74) is 0. The van der Waals surface area contributed by atoms with Crippen molar-refractivity contribution in [2.24, 2.45) is 0 Å². The van der Waals surface area contributed by atoms with E-state index in [0.29, 0.717) is 0 Å². The molecule has 0 aromatic heterocycles. The van der Waals surface area contributed by atoms with Crippen molar-refractivity contribution >= 4 is 24.4 Å². The lowest BCUT2D eigenvalue weighted by Crippen LogP contribution is -1.79. The van der Waals surface area contributed by atoms with Gasteiger partial charge in [0.25, 0.3) is 0 Å². The molecule has 0 aliphatic rings. The van der Waals surface area contributed by atoms with E-state index in [1.807, 2.05) is 18.7 Å². The highest BCUT2D eigenvalue weighted by atomic mass is 32.2. The van der Waals surface area contributed by atoms with Crippen LogP contribution in [0.4, 0.5) is 0 Å². The van der Waals surface area contributed by atoms with Crippen LogP contribution in [-0.4, -0.2) is 11.5 Å². The van der Waals surface area contributed by atoms with Crippen LogP contribution in [0.5, 0.6) is 0 Å². The summed E-state index contributed by atoms with van der Waals surface area (Å²) in [5.74, 6) is 10.9. The maximum atomic E-state index is 3.79. The van der Waals surface area contributed by atoms with E-state index in [9.17, 15) is 0 Å². The first-order chi connectivity index (χ1) is 5.41. The van der Waals surface area contributed by atoms with Crippen molar-refractivity contribution in [2.45, 2.75) is 19.8 Å². The SMILES string of the molecule is CC#CCSCCCC#CS. The Balaban J connectivity index is 2.98. The Hall–Kier alpha value is -0.180. The number of unbranched alkanes of at least 4 members (excludes halogenated alkanes) is 1. The molecule has 0 aromatic carbocycles. The molecule has 60 valence electrons. The zero-order valence-electron chi connectivity index (χ0n) is 6.68.